The molecule has 20 heavy (non-hydrogen) atoms. The molecule has 4 heteroatoms. The Morgan fingerprint density at radius 2 is 1.90 bits per heavy atom. The molecule has 3 atom stereocenters. The molecule has 0 saturated carbocycles. The van der Waals surface area contributed by atoms with Gasteiger partial charge in [-0.3, -0.25) is 4.79 Å². The molecule has 1 N–H and O–H groups in total. The summed E-state index contributed by atoms with van der Waals surface area (Å²) in [6.07, 6.45) is 4.80. The van der Waals surface area contributed by atoms with E-state index in [0.29, 0.717) is 6.04 Å². The maximum Gasteiger partial charge on any atom is 0.227 e. The second kappa shape index (κ2) is 6.61. The topological polar surface area (TPSA) is 38.3 Å². The highest BCUT2D eigenvalue weighted by Gasteiger charge is 2.46. The number of amides is 1. The summed E-state index contributed by atoms with van der Waals surface area (Å²) in [6, 6.07) is 0.328. The lowest BCUT2D eigenvalue weighted by Gasteiger charge is -2.45. The van der Waals surface area contributed by atoms with Crippen molar-refractivity contribution in [3.05, 3.63) is 0 Å². The fourth-order valence-electron chi connectivity index (χ4n) is 2.58. The van der Waals surface area contributed by atoms with E-state index in [1.807, 2.05) is 0 Å². The van der Waals surface area contributed by atoms with Crippen molar-refractivity contribution in [1.29, 1.82) is 0 Å². The molecule has 1 saturated heterocycles. The summed E-state index contributed by atoms with van der Waals surface area (Å²) in [5, 5.41) is 3.25. The van der Waals surface area contributed by atoms with Gasteiger partial charge in [-0.15, -0.1) is 0 Å². The zero-order valence-corrected chi connectivity index (χ0v) is 15.4. The van der Waals surface area contributed by atoms with Gasteiger partial charge in [0.15, 0.2) is 8.32 Å². The van der Waals surface area contributed by atoms with Crippen LogP contribution in [0.3, 0.4) is 0 Å². The highest BCUT2D eigenvalue weighted by atomic mass is 28.4. The van der Waals surface area contributed by atoms with Gasteiger partial charge in [-0.25, -0.2) is 0 Å². The molecule has 0 aromatic rings. The van der Waals surface area contributed by atoms with Crippen molar-refractivity contribution in [3.63, 3.8) is 0 Å². The third-order valence-electron chi connectivity index (χ3n) is 4.98. The first-order valence-corrected chi connectivity index (χ1v) is 11.0. The van der Waals surface area contributed by atoms with E-state index < -0.39 is 8.32 Å². The van der Waals surface area contributed by atoms with Gasteiger partial charge in [-0.1, -0.05) is 47.0 Å². The number of hydrogen-bond donors (Lipinski definition) is 1. The van der Waals surface area contributed by atoms with Crippen LogP contribution in [0.1, 0.15) is 60.3 Å². The largest absolute Gasteiger partial charge is 0.413 e. The highest BCUT2D eigenvalue weighted by Crippen LogP contribution is 2.39. The predicted octanol–water partition coefficient (Wildman–Crippen LogP) is 4.09. The Labute approximate surface area is 126 Å². The van der Waals surface area contributed by atoms with Gasteiger partial charge >= 0.3 is 0 Å². The fraction of sp³-hybridized carbons (Fsp3) is 0.938. The maximum absolute atomic E-state index is 11.9. The molecular weight excluding hydrogens is 266 g/mol. The number of hydrogen-bond acceptors (Lipinski definition) is 2. The van der Waals surface area contributed by atoms with Crippen LogP contribution in [0.5, 0.6) is 0 Å². The lowest BCUT2D eigenvalue weighted by Crippen LogP contribution is -2.63. The Bertz CT molecular complexity index is 336. The van der Waals surface area contributed by atoms with Crippen molar-refractivity contribution in [3.8, 4) is 0 Å². The molecule has 1 fully saturated rings. The molecule has 0 aliphatic carbocycles. The van der Waals surface area contributed by atoms with E-state index in [4.69, 9.17) is 4.43 Å². The van der Waals surface area contributed by atoms with Gasteiger partial charge in [0.25, 0.3) is 0 Å². The minimum absolute atomic E-state index is 0.0382. The maximum atomic E-state index is 11.9. The first kappa shape index (κ1) is 17.7. The summed E-state index contributed by atoms with van der Waals surface area (Å²) in [7, 11) is -1.79. The smallest absolute Gasteiger partial charge is 0.227 e. The van der Waals surface area contributed by atoms with Crippen LogP contribution in [0.15, 0.2) is 0 Å². The monoisotopic (exact) mass is 299 g/mol. The Balaban J connectivity index is 2.57. The third-order valence-corrected chi connectivity index (χ3v) is 9.55. The lowest BCUT2D eigenvalue weighted by molar-refractivity contribution is -0.140. The molecule has 0 radical (unpaired) electrons. The van der Waals surface area contributed by atoms with Gasteiger partial charge in [0, 0.05) is 6.04 Å². The molecule has 1 aliphatic heterocycles. The molecule has 1 rings (SSSR count). The second-order valence-corrected chi connectivity index (χ2v) is 12.5. The Hall–Kier alpha value is -0.353. The van der Waals surface area contributed by atoms with E-state index in [0.717, 1.165) is 6.42 Å². The van der Waals surface area contributed by atoms with Crippen LogP contribution < -0.4 is 5.32 Å². The number of rotatable bonds is 7. The van der Waals surface area contributed by atoms with E-state index in [2.05, 4.69) is 53.0 Å². The van der Waals surface area contributed by atoms with E-state index >= 15 is 0 Å². The molecule has 3 nitrogen and oxygen atoms in total. The SMILES string of the molecule is CCCCC[C@H]1NC(=O)[C@H]1[C@@H](C)O[Si](C)(C)C(C)(C)C. The molecule has 0 bridgehead atoms. The van der Waals surface area contributed by atoms with Crippen molar-refractivity contribution in [1.82, 2.24) is 5.32 Å². The Morgan fingerprint density at radius 1 is 1.30 bits per heavy atom. The van der Waals surface area contributed by atoms with Crippen LogP contribution >= 0.6 is 0 Å². The zero-order valence-electron chi connectivity index (χ0n) is 14.4. The van der Waals surface area contributed by atoms with E-state index in [-0.39, 0.29) is 23.0 Å². The molecule has 0 aromatic heterocycles. The van der Waals surface area contributed by atoms with Gasteiger partial charge in [-0.2, -0.15) is 0 Å². The number of unbranched alkanes of at least 4 members (excludes halogenated alkanes) is 2. The number of carbonyl (C=O) groups is 1. The molecule has 0 unspecified atom stereocenters. The summed E-state index contributed by atoms with van der Waals surface area (Å²) in [4.78, 5) is 11.9. The first-order valence-electron chi connectivity index (χ1n) is 8.08. The van der Waals surface area contributed by atoms with Gasteiger partial charge in [0.2, 0.25) is 5.91 Å². The fourth-order valence-corrected chi connectivity index (χ4v) is 4.01. The zero-order chi connectivity index (χ0) is 15.6. The van der Waals surface area contributed by atoms with Crippen molar-refractivity contribution >= 4 is 14.2 Å². The van der Waals surface area contributed by atoms with Crippen LogP contribution in [-0.4, -0.2) is 26.4 Å². The van der Waals surface area contributed by atoms with E-state index in [1.54, 1.807) is 0 Å². The standard InChI is InChI=1S/C16H33NO2Si/c1-8-9-10-11-13-14(15(18)17-13)12(2)19-20(6,7)16(3,4)5/h12-14H,8-11H2,1-7H3,(H,17,18)/t12-,13-,14+/m1/s1. The van der Waals surface area contributed by atoms with Gasteiger partial charge in [0.05, 0.1) is 12.0 Å². The van der Waals surface area contributed by atoms with Gasteiger partial charge in [-0.05, 0) is 31.5 Å². The Morgan fingerprint density at radius 3 is 2.35 bits per heavy atom. The van der Waals surface area contributed by atoms with Crippen LogP contribution in [0.2, 0.25) is 18.1 Å². The minimum Gasteiger partial charge on any atom is -0.413 e. The summed E-state index contributed by atoms with van der Waals surface area (Å²) < 4.78 is 6.39. The summed E-state index contributed by atoms with van der Waals surface area (Å²) in [5.41, 5.74) is 0. The average molecular weight is 300 g/mol. The summed E-state index contributed by atoms with van der Waals surface area (Å²) in [5.74, 6) is 0.235. The molecule has 118 valence electrons. The van der Waals surface area contributed by atoms with E-state index in [1.165, 1.54) is 19.3 Å². The highest BCUT2D eigenvalue weighted by molar-refractivity contribution is 6.74. The molecular formula is C16H33NO2Si. The number of carbonyl (C=O) groups excluding carboxylic acids is 1. The van der Waals surface area contributed by atoms with Gasteiger partial charge in [0.1, 0.15) is 0 Å². The van der Waals surface area contributed by atoms with Crippen molar-refractivity contribution < 1.29 is 9.22 Å². The second-order valence-electron chi connectivity index (χ2n) is 7.72. The quantitative estimate of drug-likeness (QED) is 0.437. The first-order chi connectivity index (χ1) is 9.10. The van der Waals surface area contributed by atoms with Crippen LogP contribution in [0.25, 0.3) is 0 Å². The van der Waals surface area contributed by atoms with Crippen LogP contribution in [-0.2, 0) is 9.22 Å². The average Bonchev–Trinajstić information content (AvgIpc) is 2.25. The lowest BCUT2D eigenvalue weighted by atomic mass is 9.83. The minimum atomic E-state index is -1.79. The van der Waals surface area contributed by atoms with Crippen LogP contribution in [0.4, 0.5) is 0 Å². The van der Waals surface area contributed by atoms with Crippen molar-refractivity contribution in [2.45, 2.75) is 90.6 Å². The number of β-lactam (4-membered cyclic amide) rings is 1. The third kappa shape index (κ3) is 4.07. The molecule has 1 heterocycles. The van der Waals surface area contributed by atoms with Gasteiger partial charge < -0.3 is 9.74 Å². The predicted molar refractivity (Wildman–Crippen MR) is 87.3 cm³/mol. The molecule has 0 aromatic carbocycles. The molecule has 1 aliphatic rings. The summed E-state index contributed by atoms with van der Waals surface area (Å²) in [6.45, 7) is 15.5. The Kier molecular flexibility index (Phi) is 5.85. The molecule has 1 amide bonds. The van der Waals surface area contributed by atoms with Crippen molar-refractivity contribution in [2.75, 3.05) is 0 Å². The normalized spacial score (nSPS) is 25.1. The summed E-state index contributed by atoms with van der Waals surface area (Å²) >= 11 is 0. The number of nitrogens with one attached hydrogen (secondary N) is 1. The van der Waals surface area contributed by atoms with Crippen molar-refractivity contribution in [2.24, 2.45) is 5.92 Å². The van der Waals surface area contributed by atoms with Crippen LogP contribution in [0, 0.1) is 5.92 Å². The molecule has 0 spiro atoms. The van der Waals surface area contributed by atoms with E-state index in [9.17, 15) is 4.79 Å².